The van der Waals surface area contributed by atoms with Crippen molar-refractivity contribution in [3.63, 3.8) is 0 Å². The summed E-state index contributed by atoms with van der Waals surface area (Å²) in [5.41, 5.74) is 1.94. The number of methoxy groups -OCH3 is 2. The first-order valence-corrected chi connectivity index (χ1v) is 9.44. The van der Waals surface area contributed by atoms with Gasteiger partial charge in [-0.25, -0.2) is 4.79 Å². The van der Waals surface area contributed by atoms with Crippen LogP contribution in [0.25, 0.3) is 0 Å². The van der Waals surface area contributed by atoms with Gasteiger partial charge in [-0.3, -0.25) is 0 Å². The molecule has 0 spiro atoms. The lowest BCUT2D eigenvalue weighted by molar-refractivity contribution is 0.232. The molecule has 0 aliphatic heterocycles. The molecule has 0 aromatic heterocycles. The van der Waals surface area contributed by atoms with E-state index in [0.717, 1.165) is 29.7 Å². The summed E-state index contributed by atoms with van der Waals surface area (Å²) in [6, 6.07) is 12.7. The van der Waals surface area contributed by atoms with Crippen LogP contribution < -0.4 is 20.1 Å². The van der Waals surface area contributed by atoms with Crippen molar-refractivity contribution < 1.29 is 14.3 Å². The Labute approximate surface area is 165 Å². The molecule has 0 saturated heterocycles. The average Bonchev–Trinajstić information content (AvgIpc) is 3.51. The van der Waals surface area contributed by atoms with E-state index in [4.69, 9.17) is 21.1 Å². The number of ether oxygens (including phenoxy) is 2. The van der Waals surface area contributed by atoms with E-state index >= 15 is 0 Å². The Hall–Kier alpha value is -2.40. The van der Waals surface area contributed by atoms with Gasteiger partial charge in [0.2, 0.25) is 0 Å². The molecule has 27 heavy (non-hydrogen) atoms. The molecule has 2 aromatic rings. The first-order chi connectivity index (χ1) is 13.0. The highest BCUT2D eigenvalue weighted by Crippen LogP contribution is 2.41. The maximum Gasteiger partial charge on any atom is 0.315 e. The van der Waals surface area contributed by atoms with Crippen molar-refractivity contribution in [3.8, 4) is 11.5 Å². The van der Waals surface area contributed by atoms with Gasteiger partial charge < -0.3 is 20.1 Å². The lowest BCUT2D eigenvalue weighted by atomic mass is 10.0. The highest BCUT2D eigenvalue weighted by atomic mass is 35.5. The van der Waals surface area contributed by atoms with Crippen LogP contribution in [-0.2, 0) is 0 Å². The Bertz CT molecular complexity index is 791. The average molecular weight is 389 g/mol. The largest absolute Gasteiger partial charge is 0.497 e. The van der Waals surface area contributed by atoms with Gasteiger partial charge in [0.15, 0.2) is 0 Å². The van der Waals surface area contributed by atoms with Crippen LogP contribution in [0.3, 0.4) is 0 Å². The Morgan fingerprint density at radius 3 is 2.37 bits per heavy atom. The summed E-state index contributed by atoms with van der Waals surface area (Å²) in [5.74, 6) is 1.90. The number of carbonyl (C=O) groups excluding carboxylic acids is 1. The van der Waals surface area contributed by atoms with Gasteiger partial charge in [-0.2, -0.15) is 0 Å². The standard InChI is InChI=1S/C21H25ClN2O3/c1-13(18-12-17(26-2)10-11-19(18)27-3)23-21(25)24-20(14-4-5-14)15-6-8-16(22)9-7-15/h6-14,20H,4-5H2,1-3H3,(H2,23,24,25)/t13-,20-/m0/s1. The minimum atomic E-state index is -0.236. The lowest BCUT2D eigenvalue weighted by Gasteiger charge is -2.22. The van der Waals surface area contributed by atoms with E-state index in [9.17, 15) is 4.79 Å². The summed E-state index contributed by atoms with van der Waals surface area (Å²) < 4.78 is 10.7. The van der Waals surface area contributed by atoms with Crippen molar-refractivity contribution in [2.75, 3.05) is 14.2 Å². The van der Waals surface area contributed by atoms with Gasteiger partial charge in [-0.05, 0) is 61.6 Å². The maximum absolute atomic E-state index is 12.6. The fraction of sp³-hybridized carbons (Fsp3) is 0.381. The summed E-state index contributed by atoms with van der Waals surface area (Å²) in [6.45, 7) is 1.92. The first kappa shape index (κ1) is 19.4. The van der Waals surface area contributed by atoms with Gasteiger partial charge in [-0.15, -0.1) is 0 Å². The number of halogens is 1. The molecule has 0 radical (unpaired) electrons. The summed E-state index contributed by atoms with van der Waals surface area (Å²) in [7, 11) is 3.23. The molecule has 0 heterocycles. The van der Waals surface area contributed by atoms with Crippen molar-refractivity contribution in [2.24, 2.45) is 5.92 Å². The molecule has 2 aromatic carbocycles. The van der Waals surface area contributed by atoms with Crippen molar-refractivity contribution in [1.82, 2.24) is 10.6 Å². The highest BCUT2D eigenvalue weighted by molar-refractivity contribution is 6.30. The Kier molecular flexibility index (Phi) is 6.11. The minimum absolute atomic E-state index is 0.0123. The molecule has 2 atom stereocenters. The second-order valence-corrected chi connectivity index (χ2v) is 7.25. The predicted molar refractivity (Wildman–Crippen MR) is 107 cm³/mol. The molecule has 2 amide bonds. The first-order valence-electron chi connectivity index (χ1n) is 9.06. The van der Waals surface area contributed by atoms with Gasteiger partial charge in [0.25, 0.3) is 0 Å². The van der Waals surface area contributed by atoms with Gasteiger partial charge in [0.05, 0.1) is 26.3 Å². The van der Waals surface area contributed by atoms with E-state index in [2.05, 4.69) is 10.6 Å². The number of urea groups is 1. The summed E-state index contributed by atoms with van der Waals surface area (Å²) in [5, 5.41) is 6.81. The SMILES string of the molecule is COc1ccc(OC)c([C@H](C)NC(=O)N[C@H](c2ccc(Cl)cc2)C2CC2)c1. The molecule has 1 aliphatic carbocycles. The summed E-state index contributed by atoms with van der Waals surface area (Å²) in [4.78, 5) is 12.6. The van der Waals surface area contributed by atoms with E-state index in [1.807, 2.05) is 49.4 Å². The van der Waals surface area contributed by atoms with Crippen LogP contribution >= 0.6 is 11.6 Å². The maximum atomic E-state index is 12.6. The van der Waals surface area contributed by atoms with Crippen LogP contribution in [0.2, 0.25) is 5.02 Å². The molecule has 6 heteroatoms. The smallest absolute Gasteiger partial charge is 0.315 e. The zero-order valence-electron chi connectivity index (χ0n) is 15.8. The second kappa shape index (κ2) is 8.53. The molecule has 5 nitrogen and oxygen atoms in total. The van der Waals surface area contributed by atoms with Crippen LogP contribution in [0.4, 0.5) is 4.79 Å². The van der Waals surface area contributed by atoms with Crippen molar-refractivity contribution in [3.05, 3.63) is 58.6 Å². The fourth-order valence-electron chi connectivity index (χ4n) is 3.21. The number of hydrogen-bond donors (Lipinski definition) is 2. The molecule has 144 valence electrons. The Morgan fingerprint density at radius 2 is 1.78 bits per heavy atom. The second-order valence-electron chi connectivity index (χ2n) is 6.81. The normalized spacial score (nSPS) is 15.6. The molecule has 3 rings (SSSR count). The van der Waals surface area contributed by atoms with Gasteiger partial charge in [0.1, 0.15) is 11.5 Å². The molecule has 0 unspecified atom stereocenters. The van der Waals surface area contributed by atoms with Crippen LogP contribution in [0.15, 0.2) is 42.5 Å². The number of hydrogen-bond acceptors (Lipinski definition) is 3. The number of carbonyl (C=O) groups is 1. The quantitative estimate of drug-likeness (QED) is 0.711. The van der Waals surface area contributed by atoms with E-state index in [1.165, 1.54) is 0 Å². The zero-order valence-corrected chi connectivity index (χ0v) is 16.5. The third-order valence-electron chi connectivity index (χ3n) is 4.86. The monoisotopic (exact) mass is 388 g/mol. The third kappa shape index (κ3) is 4.86. The van der Waals surface area contributed by atoms with Crippen LogP contribution in [0.5, 0.6) is 11.5 Å². The van der Waals surface area contributed by atoms with Gasteiger partial charge in [0, 0.05) is 10.6 Å². The highest BCUT2D eigenvalue weighted by Gasteiger charge is 2.33. The molecule has 1 aliphatic rings. The molecule has 0 bridgehead atoms. The Morgan fingerprint density at radius 1 is 1.07 bits per heavy atom. The third-order valence-corrected chi connectivity index (χ3v) is 5.11. The van der Waals surface area contributed by atoms with E-state index in [1.54, 1.807) is 14.2 Å². The van der Waals surface area contributed by atoms with E-state index < -0.39 is 0 Å². The van der Waals surface area contributed by atoms with E-state index in [-0.39, 0.29) is 18.1 Å². The molecular formula is C21H25ClN2O3. The number of amides is 2. The molecule has 1 saturated carbocycles. The number of nitrogens with one attached hydrogen (secondary N) is 2. The van der Waals surface area contributed by atoms with Crippen molar-refractivity contribution >= 4 is 17.6 Å². The van der Waals surface area contributed by atoms with Crippen LogP contribution in [0.1, 0.15) is 43.0 Å². The van der Waals surface area contributed by atoms with Crippen LogP contribution in [0, 0.1) is 5.92 Å². The fourth-order valence-corrected chi connectivity index (χ4v) is 3.33. The molecular weight excluding hydrogens is 364 g/mol. The number of rotatable bonds is 7. The lowest BCUT2D eigenvalue weighted by Crippen LogP contribution is -2.40. The number of benzene rings is 2. The Balaban J connectivity index is 1.70. The summed E-state index contributed by atoms with van der Waals surface area (Å²) in [6.07, 6.45) is 2.24. The molecule has 2 N–H and O–H groups in total. The molecule has 1 fully saturated rings. The van der Waals surface area contributed by atoms with Crippen molar-refractivity contribution in [1.29, 1.82) is 0 Å². The van der Waals surface area contributed by atoms with Crippen molar-refractivity contribution in [2.45, 2.75) is 31.8 Å². The topological polar surface area (TPSA) is 59.6 Å². The van der Waals surface area contributed by atoms with Gasteiger partial charge >= 0.3 is 6.03 Å². The van der Waals surface area contributed by atoms with Gasteiger partial charge in [-0.1, -0.05) is 23.7 Å². The van der Waals surface area contributed by atoms with Crippen LogP contribution in [-0.4, -0.2) is 20.3 Å². The van der Waals surface area contributed by atoms with E-state index in [0.29, 0.717) is 16.7 Å². The summed E-state index contributed by atoms with van der Waals surface area (Å²) >= 11 is 5.99. The minimum Gasteiger partial charge on any atom is -0.497 e. The zero-order chi connectivity index (χ0) is 19.4. The predicted octanol–water partition coefficient (Wildman–Crippen LogP) is 4.87.